The predicted molar refractivity (Wildman–Crippen MR) is 54.7 cm³/mol. The normalized spacial score (nSPS) is 8.29. The van der Waals surface area contributed by atoms with Crippen LogP contribution in [0.2, 0.25) is 0 Å². The molecule has 0 aliphatic carbocycles. The number of hydrogen-bond donors (Lipinski definition) is 0. The van der Waals surface area contributed by atoms with E-state index in [1.165, 1.54) is 0 Å². The van der Waals surface area contributed by atoms with Gasteiger partial charge in [0.05, 0.1) is 12.2 Å². The highest BCUT2D eigenvalue weighted by Gasteiger charge is 1.99. The van der Waals surface area contributed by atoms with E-state index in [1.807, 2.05) is 12.1 Å². The zero-order valence-corrected chi connectivity index (χ0v) is 8.08. The van der Waals surface area contributed by atoms with Crippen molar-refractivity contribution in [3.8, 4) is 23.7 Å². The molecule has 1 aromatic carbocycles. The Hall–Kier alpha value is -1.93. The second-order valence-electron chi connectivity index (χ2n) is 2.63. The van der Waals surface area contributed by atoms with Crippen molar-refractivity contribution in [2.45, 2.75) is 13.3 Å². The molecule has 0 unspecified atom stereocenters. The van der Waals surface area contributed by atoms with Crippen LogP contribution in [-0.4, -0.2) is 6.61 Å². The molecule has 0 bridgehead atoms. The molecule has 0 N–H and O–H groups in total. The average molecular weight is 185 g/mol. The Labute approximate surface area is 84.1 Å². The SMILES string of the molecule is CC#CCCOc1ccccc1C#N. The van der Waals surface area contributed by atoms with Crippen LogP contribution in [0.1, 0.15) is 18.9 Å². The monoisotopic (exact) mass is 185 g/mol. The Morgan fingerprint density at radius 3 is 2.86 bits per heavy atom. The summed E-state index contributed by atoms with van der Waals surface area (Å²) >= 11 is 0. The fourth-order valence-electron chi connectivity index (χ4n) is 1.02. The highest BCUT2D eigenvalue weighted by molar-refractivity contribution is 5.42. The van der Waals surface area contributed by atoms with E-state index in [4.69, 9.17) is 10.00 Å². The molecule has 14 heavy (non-hydrogen) atoms. The smallest absolute Gasteiger partial charge is 0.137 e. The van der Waals surface area contributed by atoms with Crippen molar-refractivity contribution >= 4 is 0 Å². The van der Waals surface area contributed by atoms with Gasteiger partial charge in [-0.3, -0.25) is 0 Å². The summed E-state index contributed by atoms with van der Waals surface area (Å²) in [5, 5.41) is 8.76. The minimum absolute atomic E-state index is 0.527. The molecule has 0 spiro atoms. The van der Waals surface area contributed by atoms with Crippen molar-refractivity contribution in [1.82, 2.24) is 0 Å². The second kappa shape index (κ2) is 5.67. The standard InChI is InChI=1S/C12H11NO/c1-2-3-6-9-14-12-8-5-4-7-11(12)10-13/h4-5,7-8H,6,9H2,1H3. The van der Waals surface area contributed by atoms with E-state index < -0.39 is 0 Å². The number of rotatable bonds is 3. The van der Waals surface area contributed by atoms with Crippen molar-refractivity contribution in [1.29, 1.82) is 5.26 Å². The number of nitrogens with zero attached hydrogens (tertiary/aromatic N) is 1. The zero-order valence-electron chi connectivity index (χ0n) is 8.08. The minimum Gasteiger partial charge on any atom is -0.491 e. The lowest BCUT2D eigenvalue weighted by atomic mass is 10.2. The predicted octanol–water partition coefficient (Wildman–Crippen LogP) is 2.35. The van der Waals surface area contributed by atoms with Gasteiger partial charge in [-0.1, -0.05) is 12.1 Å². The lowest BCUT2D eigenvalue weighted by molar-refractivity contribution is 0.326. The molecule has 0 aliphatic rings. The first kappa shape index (κ1) is 10.2. The van der Waals surface area contributed by atoms with Gasteiger partial charge in [0.2, 0.25) is 0 Å². The molecule has 0 aliphatic heterocycles. The van der Waals surface area contributed by atoms with Gasteiger partial charge in [0, 0.05) is 6.42 Å². The van der Waals surface area contributed by atoms with Gasteiger partial charge < -0.3 is 4.74 Å². The maximum Gasteiger partial charge on any atom is 0.137 e. The first-order chi connectivity index (χ1) is 6.88. The van der Waals surface area contributed by atoms with E-state index in [2.05, 4.69) is 17.9 Å². The molecular weight excluding hydrogens is 174 g/mol. The summed E-state index contributed by atoms with van der Waals surface area (Å²) < 4.78 is 5.41. The molecule has 0 fully saturated rings. The van der Waals surface area contributed by atoms with Crippen molar-refractivity contribution < 1.29 is 4.74 Å². The first-order valence-corrected chi connectivity index (χ1v) is 4.40. The largest absolute Gasteiger partial charge is 0.491 e. The second-order valence-corrected chi connectivity index (χ2v) is 2.63. The molecule has 0 saturated heterocycles. The molecule has 1 aromatic rings. The van der Waals surface area contributed by atoms with E-state index >= 15 is 0 Å². The van der Waals surface area contributed by atoms with Crippen LogP contribution in [0.3, 0.4) is 0 Å². The van der Waals surface area contributed by atoms with Crippen molar-refractivity contribution in [2.24, 2.45) is 0 Å². The van der Waals surface area contributed by atoms with Crippen molar-refractivity contribution in [2.75, 3.05) is 6.61 Å². The lowest BCUT2D eigenvalue weighted by Crippen LogP contribution is -1.97. The molecule has 0 saturated carbocycles. The third-order valence-corrected chi connectivity index (χ3v) is 1.67. The minimum atomic E-state index is 0.527. The maximum absolute atomic E-state index is 8.76. The lowest BCUT2D eigenvalue weighted by Gasteiger charge is -2.04. The Kier molecular flexibility index (Phi) is 4.11. The number of nitriles is 1. The number of hydrogen-bond acceptors (Lipinski definition) is 2. The van der Waals surface area contributed by atoms with Crippen molar-refractivity contribution in [3.63, 3.8) is 0 Å². The highest BCUT2D eigenvalue weighted by atomic mass is 16.5. The fraction of sp³-hybridized carbons (Fsp3) is 0.250. The summed E-state index contributed by atoms with van der Waals surface area (Å²) in [6, 6.07) is 9.27. The fourth-order valence-corrected chi connectivity index (χ4v) is 1.02. The van der Waals surface area contributed by atoms with Crippen LogP contribution in [0.15, 0.2) is 24.3 Å². The summed E-state index contributed by atoms with van der Waals surface area (Å²) in [6.07, 6.45) is 0.691. The molecular formula is C12H11NO. The van der Waals surface area contributed by atoms with Gasteiger partial charge in [-0.25, -0.2) is 0 Å². The van der Waals surface area contributed by atoms with Crippen LogP contribution in [0.4, 0.5) is 0 Å². The van der Waals surface area contributed by atoms with Gasteiger partial charge in [-0.05, 0) is 19.1 Å². The third kappa shape index (κ3) is 2.84. The van der Waals surface area contributed by atoms with Crippen LogP contribution in [0, 0.1) is 23.2 Å². The Morgan fingerprint density at radius 1 is 1.36 bits per heavy atom. The van der Waals surface area contributed by atoms with Gasteiger partial charge in [0.15, 0.2) is 0 Å². The molecule has 2 heteroatoms. The summed E-state index contributed by atoms with van der Waals surface area (Å²) in [6.45, 7) is 2.32. The van der Waals surface area contributed by atoms with E-state index in [0.717, 1.165) is 0 Å². The van der Waals surface area contributed by atoms with Gasteiger partial charge >= 0.3 is 0 Å². The van der Waals surface area contributed by atoms with Gasteiger partial charge in [-0.15, -0.1) is 11.8 Å². The van der Waals surface area contributed by atoms with Gasteiger partial charge in [0.1, 0.15) is 11.8 Å². The molecule has 0 amide bonds. The van der Waals surface area contributed by atoms with Crippen LogP contribution >= 0.6 is 0 Å². The number of para-hydroxylation sites is 1. The van der Waals surface area contributed by atoms with Crippen LogP contribution in [-0.2, 0) is 0 Å². The highest BCUT2D eigenvalue weighted by Crippen LogP contribution is 2.16. The van der Waals surface area contributed by atoms with E-state index in [1.54, 1.807) is 19.1 Å². The molecule has 0 heterocycles. The van der Waals surface area contributed by atoms with E-state index in [9.17, 15) is 0 Å². The molecule has 1 rings (SSSR count). The summed E-state index contributed by atoms with van der Waals surface area (Å²) in [4.78, 5) is 0. The molecule has 0 atom stereocenters. The number of benzene rings is 1. The molecule has 0 aromatic heterocycles. The Bertz CT molecular complexity index is 393. The summed E-state index contributed by atoms with van der Waals surface area (Å²) in [5.41, 5.74) is 0.567. The summed E-state index contributed by atoms with van der Waals surface area (Å²) in [7, 11) is 0. The third-order valence-electron chi connectivity index (χ3n) is 1.67. The molecule has 70 valence electrons. The van der Waals surface area contributed by atoms with E-state index in [0.29, 0.717) is 24.3 Å². The Balaban J connectivity index is 2.57. The number of ether oxygens (including phenoxy) is 1. The molecule has 2 nitrogen and oxygen atoms in total. The maximum atomic E-state index is 8.76. The average Bonchev–Trinajstić information content (AvgIpc) is 2.25. The topological polar surface area (TPSA) is 33.0 Å². The van der Waals surface area contributed by atoms with Gasteiger partial charge in [0.25, 0.3) is 0 Å². The summed E-state index contributed by atoms with van der Waals surface area (Å²) in [5.74, 6) is 6.32. The first-order valence-electron chi connectivity index (χ1n) is 4.40. The van der Waals surface area contributed by atoms with Crippen LogP contribution < -0.4 is 4.74 Å². The molecule has 0 radical (unpaired) electrons. The quantitative estimate of drug-likeness (QED) is 0.535. The van der Waals surface area contributed by atoms with E-state index in [-0.39, 0.29) is 0 Å². The van der Waals surface area contributed by atoms with Crippen molar-refractivity contribution in [3.05, 3.63) is 29.8 Å². The van der Waals surface area contributed by atoms with Crippen LogP contribution in [0.25, 0.3) is 0 Å². The van der Waals surface area contributed by atoms with Crippen LogP contribution in [0.5, 0.6) is 5.75 Å². The Morgan fingerprint density at radius 2 is 2.14 bits per heavy atom. The zero-order chi connectivity index (χ0) is 10.2. The van der Waals surface area contributed by atoms with Gasteiger partial charge in [-0.2, -0.15) is 5.26 Å².